The van der Waals surface area contributed by atoms with Crippen molar-refractivity contribution >= 4 is 40.9 Å². The van der Waals surface area contributed by atoms with Crippen LogP contribution in [-0.4, -0.2) is 36.2 Å². The lowest BCUT2D eigenvalue weighted by Crippen LogP contribution is -2.31. The lowest BCUT2D eigenvalue weighted by atomic mass is 10.1. The Morgan fingerprint density at radius 2 is 2.21 bits per heavy atom. The zero-order valence-corrected chi connectivity index (χ0v) is 15.2. The van der Waals surface area contributed by atoms with Crippen LogP contribution >= 0.6 is 23.8 Å². The fraction of sp³-hybridized carbons (Fsp3) is 0.294. The van der Waals surface area contributed by atoms with Crippen LogP contribution in [0.15, 0.2) is 30.5 Å². The van der Waals surface area contributed by atoms with Crippen molar-refractivity contribution < 1.29 is 14.3 Å². The monoisotopic (exact) mass is 366 g/mol. The minimum Gasteiger partial charge on any atom is -0.493 e. The normalized spacial score (nSPS) is 15.6. The Morgan fingerprint density at radius 1 is 1.46 bits per heavy atom. The number of carbonyl (C=O) groups excluding carboxylic acids is 1. The van der Waals surface area contributed by atoms with E-state index in [1.165, 1.54) is 7.11 Å². The number of nitrogens with zero attached hydrogens (tertiary/aromatic N) is 1. The number of halogens is 1. The maximum Gasteiger partial charge on any atom is 0.276 e. The molecular weight excluding hydrogens is 348 g/mol. The number of hydrogen-bond acceptors (Lipinski definition) is 4. The zero-order valence-electron chi connectivity index (χ0n) is 13.6. The van der Waals surface area contributed by atoms with Crippen LogP contribution in [0.5, 0.6) is 11.5 Å². The Kier molecular flexibility index (Phi) is 6.23. The Bertz CT molecular complexity index is 703. The molecule has 1 aromatic carbocycles. The zero-order chi connectivity index (χ0) is 17.7. The van der Waals surface area contributed by atoms with E-state index >= 15 is 0 Å². The summed E-state index contributed by atoms with van der Waals surface area (Å²) in [5.74, 6) is 0.772. The number of nitrogens with one attached hydrogen (secondary N) is 1. The van der Waals surface area contributed by atoms with E-state index in [9.17, 15) is 4.79 Å². The van der Waals surface area contributed by atoms with Gasteiger partial charge in [0.2, 0.25) is 0 Å². The molecule has 2 rings (SSSR count). The number of carbonyl (C=O) groups is 1. The molecule has 0 bridgehead atoms. The van der Waals surface area contributed by atoms with Crippen molar-refractivity contribution in [2.75, 3.05) is 20.3 Å². The topological polar surface area (TPSA) is 50.8 Å². The first kappa shape index (κ1) is 18.3. The lowest BCUT2D eigenvalue weighted by Gasteiger charge is -2.12. The van der Waals surface area contributed by atoms with Gasteiger partial charge in [0.1, 0.15) is 12.3 Å². The third kappa shape index (κ3) is 3.88. The molecule has 1 heterocycles. The van der Waals surface area contributed by atoms with Crippen LogP contribution in [0.4, 0.5) is 0 Å². The van der Waals surface area contributed by atoms with E-state index in [2.05, 4.69) is 11.9 Å². The first-order chi connectivity index (χ1) is 11.5. The van der Waals surface area contributed by atoms with E-state index in [-0.39, 0.29) is 5.91 Å². The molecule has 1 saturated heterocycles. The van der Waals surface area contributed by atoms with Gasteiger partial charge in [-0.3, -0.25) is 9.69 Å². The largest absolute Gasteiger partial charge is 0.493 e. The lowest BCUT2D eigenvalue weighted by molar-refractivity contribution is -0.122. The quantitative estimate of drug-likeness (QED) is 0.455. The number of amides is 1. The Morgan fingerprint density at radius 3 is 2.83 bits per heavy atom. The SMILES string of the molecule is C=CCOc1c(Cl)cc(C=C2NC(=S)N(CCC)C2=O)cc1OC. The van der Waals surface area contributed by atoms with E-state index in [4.69, 9.17) is 33.3 Å². The van der Waals surface area contributed by atoms with E-state index in [0.717, 1.165) is 6.42 Å². The van der Waals surface area contributed by atoms with Gasteiger partial charge in [0.15, 0.2) is 16.6 Å². The summed E-state index contributed by atoms with van der Waals surface area (Å²) in [7, 11) is 1.53. The molecule has 0 spiro atoms. The molecule has 1 N–H and O–H groups in total. The highest BCUT2D eigenvalue weighted by Crippen LogP contribution is 2.37. The number of ether oxygens (including phenoxy) is 2. The van der Waals surface area contributed by atoms with Crippen molar-refractivity contribution in [1.29, 1.82) is 0 Å². The predicted molar refractivity (Wildman–Crippen MR) is 99.4 cm³/mol. The summed E-state index contributed by atoms with van der Waals surface area (Å²) < 4.78 is 10.8. The summed E-state index contributed by atoms with van der Waals surface area (Å²) in [6.45, 7) is 6.49. The van der Waals surface area contributed by atoms with Crippen molar-refractivity contribution in [3.8, 4) is 11.5 Å². The molecule has 0 aliphatic carbocycles. The fourth-order valence-corrected chi connectivity index (χ4v) is 2.83. The minimum atomic E-state index is -0.149. The van der Waals surface area contributed by atoms with Gasteiger partial charge in [-0.25, -0.2) is 0 Å². The molecule has 0 atom stereocenters. The summed E-state index contributed by atoms with van der Waals surface area (Å²) in [5, 5.41) is 3.74. The smallest absolute Gasteiger partial charge is 0.276 e. The van der Waals surface area contributed by atoms with Crippen LogP contribution in [0, 0.1) is 0 Å². The average Bonchev–Trinajstić information content (AvgIpc) is 2.81. The molecule has 0 unspecified atom stereocenters. The van der Waals surface area contributed by atoms with Crippen molar-refractivity contribution in [3.05, 3.63) is 41.1 Å². The van der Waals surface area contributed by atoms with Crippen LogP contribution in [0.1, 0.15) is 18.9 Å². The van der Waals surface area contributed by atoms with Gasteiger partial charge >= 0.3 is 0 Å². The number of benzene rings is 1. The van der Waals surface area contributed by atoms with Gasteiger partial charge in [0.05, 0.1) is 12.1 Å². The highest BCUT2D eigenvalue weighted by molar-refractivity contribution is 7.80. The predicted octanol–water partition coefficient (Wildman–Crippen LogP) is 3.38. The number of methoxy groups -OCH3 is 1. The Labute approximate surface area is 151 Å². The molecule has 7 heteroatoms. The van der Waals surface area contributed by atoms with Crippen LogP contribution in [0.25, 0.3) is 6.08 Å². The fourth-order valence-electron chi connectivity index (χ4n) is 2.27. The van der Waals surface area contributed by atoms with E-state index in [1.807, 2.05) is 6.92 Å². The highest BCUT2D eigenvalue weighted by atomic mass is 35.5. The summed E-state index contributed by atoms with van der Waals surface area (Å²) >= 11 is 11.5. The number of hydrogen-bond donors (Lipinski definition) is 1. The Balaban J connectivity index is 2.33. The molecule has 5 nitrogen and oxygen atoms in total. The molecule has 0 aromatic heterocycles. The summed E-state index contributed by atoms with van der Waals surface area (Å²) in [6.07, 6.45) is 4.14. The van der Waals surface area contributed by atoms with Gasteiger partial charge in [0.25, 0.3) is 5.91 Å². The van der Waals surface area contributed by atoms with Gasteiger partial charge in [-0.2, -0.15) is 0 Å². The maximum atomic E-state index is 12.4. The summed E-state index contributed by atoms with van der Waals surface area (Å²) in [6, 6.07) is 3.45. The number of thiocarbonyl (C=S) groups is 1. The molecule has 0 radical (unpaired) electrons. The van der Waals surface area contributed by atoms with E-state index in [1.54, 1.807) is 29.2 Å². The summed E-state index contributed by atoms with van der Waals surface area (Å²) in [4.78, 5) is 13.9. The molecule has 0 saturated carbocycles. The molecule has 24 heavy (non-hydrogen) atoms. The molecular formula is C17H19ClN2O3S. The molecule has 1 aliphatic heterocycles. The number of rotatable bonds is 7. The Hall–Kier alpha value is -2.05. The maximum absolute atomic E-state index is 12.4. The second-order valence-electron chi connectivity index (χ2n) is 5.08. The van der Waals surface area contributed by atoms with E-state index in [0.29, 0.717) is 46.0 Å². The van der Waals surface area contributed by atoms with Crippen molar-refractivity contribution in [2.45, 2.75) is 13.3 Å². The van der Waals surface area contributed by atoms with Gasteiger partial charge in [0, 0.05) is 6.54 Å². The van der Waals surface area contributed by atoms with Gasteiger partial charge < -0.3 is 14.8 Å². The van der Waals surface area contributed by atoms with Gasteiger partial charge in [-0.1, -0.05) is 31.2 Å². The van der Waals surface area contributed by atoms with E-state index < -0.39 is 0 Å². The first-order valence-corrected chi connectivity index (χ1v) is 8.26. The highest BCUT2D eigenvalue weighted by Gasteiger charge is 2.29. The second kappa shape index (κ2) is 8.17. The molecule has 1 fully saturated rings. The van der Waals surface area contributed by atoms with Gasteiger partial charge in [-0.05, 0) is 42.4 Å². The van der Waals surface area contributed by atoms with Crippen LogP contribution in [-0.2, 0) is 4.79 Å². The third-order valence-corrected chi connectivity index (χ3v) is 3.92. The van der Waals surface area contributed by atoms with Crippen LogP contribution < -0.4 is 14.8 Å². The third-order valence-electron chi connectivity index (χ3n) is 3.32. The minimum absolute atomic E-state index is 0.149. The van der Waals surface area contributed by atoms with Crippen LogP contribution in [0.2, 0.25) is 5.02 Å². The molecule has 1 amide bonds. The van der Waals surface area contributed by atoms with Crippen LogP contribution in [0.3, 0.4) is 0 Å². The van der Waals surface area contributed by atoms with Crippen molar-refractivity contribution in [1.82, 2.24) is 10.2 Å². The molecule has 1 aromatic rings. The van der Waals surface area contributed by atoms with Crippen molar-refractivity contribution in [2.24, 2.45) is 0 Å². The average molecular weight is 367 g/mol. The molecule has 128 valence electrons. The van der Waals surface area contributed by atoms with Gasteiger partial charge in [-0.15, -0.1) is 0 Å². The standard InChI is InChI=1S/C17H19ClN2O3S/c1-4-6-20-16(21)13(19-17(20)24)9-11-8-12(18)15(23-7-5-2)14(10-11)22-3/h5,8-10H,2,4,6-7H2,1,3H3,(H,19,24). The summed E-state index contributed by atoms with van der Waals surface area (Å²) in [5.41, 5.74) is 1.12. The first-order valence-electron chi connectivity index (χ1n) is 7.47. The second-order valence-corrected chi connectivity index (χ2v) is 5.87. The van der Waals surface area contributed by atoms with Crippen molar-refractivity contribution in [3.63, 3.8) is 0 Å². The molecule has 1 aliphatic rings.